The number of carboxylic acid groups (broad SMARTS) is 1. The van der Waals surface area contributed by atoms with E-state index in [0.29, 0.717) is 19.5 Å². The van der Waals surface area contributed by atoms with Crippen LogP contribution in [0.5, 0.6) is 0 Å². The summed E-state index contributed by atoms with van der Waals surface area (Å²) < 4.78 is 12.0. The number of hydrogen-bond donors (Lipinski definition) is 2. The van der Waals surface area contributed by atoms with Crippen LogP contribution in [0.1, 0.15) is 24.8 Å². The van der Waals surface area contributed by atoms with Crippen LogP contribution >= 0.6 is 0 Å². The quantitative estimate of drug-likeness (QED) is 0.781. The van der Waals surface area contributed by atoms with Crippen molar-refractivity contribution in [2.24, 2.45) is 0 Å². The van der Waals surface area contributed by atoms with Crippen LogP contribution in [-0.4, -0.2) is 56.9 Å². The molecule has 1 heterocycles. The molecule has 24 heavy (non-hydrogen) atoms. The van der Waals surface area contributed by atoms with Gasteiger partial charge >= 0.3 is 6.09 Å². The molecular weight excluding hydrogens is 328 g/mol. The maximum Gasteiger partial charge on any atom is 0.407 e. The molecule has 1 aromatic rings. The van der Waals surface area contributed by atoms with Gasteiger partial charge in [-0.1, -0.05) is 30.3 Å². The molecule has 0 radical (unpaired) electrons. The first kappa shape index (κ1) is 18.4. The van der Waals surface area contributed by atoms with E-state index in [2.05, 4.69) is 5.32 Å². The largest absolute Gasteiger partial charge is 0.465 e. The van der Waals surface area contributed by atoms with Crippen molar-refractivity contribution in [3.63, 3.8) is 0 Å². The summed E-state index contributed by atoms with van der Waals surface area (Å²) in [6.07, 6.45) is 2.77. The molecule has 0 aliphatic carbocycles. The average molecular weight is 352 g/mol. The second-order valence-corrected chi connectivity index (χ2v) is 7.61. The summed E-state index contributed by atoms with van der Waals surface area (Å²) in [5, 5.41) is 11.6. The molecule has 2 N–H and O–H groups in total. The van der Waals surface area contributed by atoms with Crippen molar-refractivity contribution in [2.45, 2.75) is 37.0 Å². The van der Waals surface area contributed by atoms with Gasteiger partial charge in [0.15, 0.2) is 0 Å². The molecule has 3 unspecified atom stereocenters. The lowest BCUT2D eigenvalue weighted by Crippen LogP contribution is -2.46. The maximum absolute atomic E-state index is 12.2. The topological polar surface area (TPSA) is 86.7 Å². The zero-order chi connectivity index (χ0) is 17.5. The normalized spacial score (nSPS) is 19.7. The third-order valence-corrected chi connectivity index (χ3v) is 5.70. The van der Waals surface area contributed by atoms with Crippen LogP contribution < -0.4 is 5.32 Å². The van der Waals surface area contributed by atoms with Gasteiger partial charge in [0, 0.05) is 42.6 Å². The Morgan fingerprint density at radius 3 is 2.71 bits per heavy atom. The lowest BCUT2D eigenvalue weighted by atomic mass is 10.1. The van der Waals surface area contributed by atoms with Gasteiger partial charge in [0.2, 0.25) is 5.91 Å². The lowest BCUT2D eigenvalue weighted by Gasteiger charge is -2.28. The predicted octanol–water partition coefficient (Wildman–Crippen LogP) is 1.62. The van der Waals surface area contributed by atoms with Crippen molar-refractivity contribution >= 4 is 22.8 Å². The number of nitrogens with one attached hydrogen (secondary N) is 1. The molecule has 0 bridgehead atoms. The fraction of sp³-hybridized carbons (Fsp3) is 0.529. The number of likely N-dealkylation sites (tertiary alicyclic amines) is 1. The van der Waals surface area contributed by atoms with Gasteiger partial charge in [-0.15, -0.1) is 0 Å². The summed E-state index contributed by atoms with van der Waals surface area (Å²) in [5.74, 6) is -0.177. The van der Waals surface area contributed by atoms with Crippen molar-refractivity contribution in [1.82, 2.24) is 10.2 Å². The molecule has 1 saturated heterocycles. The minimum Gasteiger partial charge on any atom is -0.465 e. The Bertz CT molecular complexity index is 594. The molecule has 1 fully saturated rings. The molecule has 132 valence electrons. The van der Waals surface area contributed by atoms with Crippen LogP contribution in [0.3, 0.4) is 0 Å². The Morgan fingerprint density at radius 1 is 1.38 bits per heavy atom. The average Bonchev–Trinajstić information content (AvgIpc) is 3.03. The molecule has 1 aliphatic heterocycles. The van der Waals surface area contributed by atoms with Gasteiger partial charge in [0.1, 0.15) is 0 Å². The monoisotopic (exact) mass is 352 g/mol. The molecule has 6 nitrogen and oxygen atoms in total. The van der Waals surface area contributed by atoms with Crippen molar-refractivity contribution in [1.29, 1.82) is 0 Å². The van der Waals surface area contributed by atoms with Crippen molar-refractivity contribution < 1.29 is 18.9 Å². The van der Waals surface area contributed by atoms with Crippen LogP contribution in [0.25, 0.3) is 0 Å². The number of amides is 2. The molecule has 7 heteroatoms. The minimum atomic E-state index is -1.26. The van der Waals surface area contributed by atoms with Crippen molar-refractivity contribution in [3.05, 3.63) is 35.9 Å². The Hall–Kier alpha value is -1.89. The van der Waals surface area contributed by atoms with Gasteiger partial charge in [-0.3, -0.25) is 9.00 Å². The first-order valence-electron chi connectivity index (χ1n) is 8.11. The van der Waals surface area contributed by atoms with Gasteiger partial charge in [-0.25, -0.2) is 4.79 Å². The van der Waals surface area contributed by atoms with E-state index in [1.807, 2.05) is 30.3 Å². The van der Waals surface area contributed by atoms with Crippen LogP contribution in [-0.2, 0) is 22.0 Å². The third-order valence-electron chi connectivity index (χ3n) is 4.37. The molecule has 0 saturated carbocycles. The van der Waals surface area contributed by atoms with E-state index in [0.717, 1.165) is 18.4 Å². The Kier molecular flexibility index (Phi) is 6.78. The standard InChI is InChI=1S/C17H24N2O4S/c1-24(23)15(14-8-5-11-19(14)17(21)22)12-16(20)18-10-9-13-6-3-2-4-7-13/h2-4,6-7,14-15H,5,8-12H2,1H3,(H,18,20)(H,21,22). The van der Waals surface area contributed by atoms with Crippen molar-refractivity contribution in [2.75, 3.05) is 19.3 Å². The molecule has 0 aromatic heterocycles. The molecule has 3 atom stereocenters. The summed E-state index contributed by atoms with van der Waals surface area (Å²) in [6.45, 7) is 0.961. The Balaban J connectivity index is 1.87. The lowest BCUT2D eigenvalue weighted by molar-refractivity contribution is -0.121. The van der Waals surface area contributed by atoms with Crippen LogP contribution in [0.15, 0.2) is 30.3 Å². The number of nitrogens with zero attached hydrogens (tertiary/aromatic N) is 1. The van der Waals surface area contributed by atoms with Gasteiger partial charge in [0.25, 0.3) is 0 Å². The summed E-state index contributed by atoms with van der Waals surface area (Å²) in [6, 6.07) is 9.51. The van der Waals surface area contributed by atoms with E-state index < -0.39 is 22.1 Å². The molecule has 1 aliphatic rings. The highest BCUT2D eigenvalue weighted by atomic mass is 32.2. The SMILES string of the molecule is CS(=O)C(CC(=O)NCCc1ccccc1)C1CCCN1C(=O)O. The number of rotatable bonds is 7. The molecule has 2 rings (SSSR count). The Morgan fingerprint density at radius 2 is 2.08 bits per heavy atom. The highest BCUT2D eigenvalue weighted by Gasteiger charge is 2.37. The number of benzene rings is 1. The summed E-state index contributed by atoms with van der Waals surface area (Å²) in [5.41, 5.74) is 1.14. The smallest absolute Gasteiger partial charge is 0.407 e. The minimum absolute atomic E-state index is 0.0896. The van der Waals surface area contributed by atoms with E-state index >= 15 is 0 Å². The molecule has 2 amide bonds. The fourth-order valence-corrected chi connectivity index (χ4v) is 4.25. The summed E-state index contributed by atoms with van der Waals surface area (Å²) in [4.78, 5) is 24.8. The van der Waals surface area contributed by atoms with Gasteiger partial charge in [-0.05, 0) is 24.8 Å². The first-order chi connectivity index (χ1) is 11.5. The molecular formula is C17H24N2O4S. The summed E-state index contributed by atoms with van der Waals surface area (Å²) >= 11 is 0. The van der Waals surface area contributed by atoms with E-state index in [9.17, 15) is 18.9 Å². The zero-order valence-corrected chi connectivity index (χ0v) is 14.6. The highest BCUT2D eigenvalue weighted by molar-refractivity contribution is 7.85. The van der Waals surface area contributed by atoms with E-state index in [1.54, 1.807) is 6.26 Å². The van der Waals surface area contributed by atoms with Crippen LogP contribution in [0, 0.1) is 0 Å². The third kappa shape index (κ3) is 5.06. The predicted molar refractivity (Wildman–Crippen MR) is 93.4 cm³/mol. The van der Waals surface area contributed by atoms with Gasteiger partial charge in [0.05, 0.1) is 5.25 Å². The van der Waals surface area contributed by atoms with Crippen LogP contribution in [0.4, 0.5) is 4.79 Å². The van der Waals surface area contributed by atoms with Gasteiger partial charge in [-0.2, -0.15) is 0 Å². The molecule has 0 spiro atoms. The molecule has 1 aromatic carbocycles. The van der Waals surface area contributed by atoms with Crippen molar-refractivity contribution in [3.8, 4) is 0 Å². The second kappa shape index (κ2) is 8.82. The number of carbonyl (C=O) groups is 2. The highest BCUT2D eigenvalue weighted by Crippen LogP contribution is 2.24. The fourth-order valence-electron chi connectivity index (χ4n) is 3.14. The number of carbonyl (C=O) groups excluding carboxylic acids is 1. The first-order valence-corrected chi connectivity index (χ1v) is 9.73. The maximum atomic E-state index is 12.2. The Labute approximate surface area is 144 Å². The van der Waals surface area contributed by atoms with E-state index in [-0.39, 0.29) is 18.4 Å². The van der Waals surface area contributed by atoms with E-state index in [1.165, 1.54) is 4.90 Å². The van der Waals surface area contributed by atoms with Crippen LogP contribution in [0.2, 0.25) is 0 Å². The van der Waals surface area contributed by atoms with E-state index in [4.69, 9.17) is 0 Å². The zero-order valence-electron chi connectivity index (χ0n) is 13.8. The second-order valence-electron chi connectivity index (χ2n) is 6.01. The van der Waals surface area contributed by atoms with Gasteiger partial charge < -0.3 is 15.3 Å². The summed E-state index contributed by atoms with van der Waals surface area (Å²) in [7, 11) is -1.26. The number of hydrogen-bond acceptors (Lipinski definition) is 3.